The Kier molecular flexibility index (Phi) is 5.54. The van der Waals surface area contributed by atoms with Gasteiger partial charge >= 0.3 is 0 Å². The molecule has 1 N–H and O–H groups in total. The molecule has 3 aromatic heterocycles. The standard InChI is InChI=1S/C29H27FN6O/c1-17-23(19-8-7-18(30)14-21(19)34-25(17)20-6-4-5-9-32-20)24-26-28(29(2,3)16-33-26)35-22(15-31)27(24)36-10-12-37-13-11-36/h4-9,14,33H,10-13,16H2,1-3H3. The van der Waals surface area contributed by atoms with Crippen LogP contribution in [0.5, 0.6) is 0 Å². The van der Waals surface area contributed by atoms with Crippen molar-refractivity contribution in [3.8, 4) is 28.6 Å². The molecule has 4 aromatic rings. The zero-order valence-corrected chi connectivity index (χ0v) is 21.1. The Labute approximate surface area is 215 Å². The highest BCUT2D eigenvalue weighted by Crippen LogP contribution is 2.50. The van der Waals surface area contributed by atoms with Gasteiger partial charge in [0.1, 0.15) is 11.9 Å². The van der Waals surface area contributed by atoms with E-state index in [1.807, 2.05) is 25.1 Å². The summed E-state index contributed by atoms with van der Waals surface area (Å²) in [5, 5.41) is 14.7. The molecule has 8 heteroatoms. The Morgan fingerprint density at radius 2 is 1.92 bits per heavy atom. The van der Waals surface area contributed by atoms with Crippen molar-refractivity contribution < 1.29 is 9.13 Å². The summed E-state index contributed by atoms with van der Waals surface area (Å²) in [4.78, 5) is 16.5. The van der Waals surface area contributed by atoms with Crippen molar-refractivity contribution >= 4 is 22.3 Å². The number of ether oxygens (including phenoxy) is 1. The van der Waals surface area contributed by atoms with Crippen LogP contribution in [-0.2, 0) is 10.2 Å². The second-order valence-electron chi connectivity index (χ2n) is 10.2. The number of fused-ring (bicyclic) bond motifs is 2. The molecular weight excluding hydrogens is 467 g/mol. The van der Waals surface area contributed by atoms with Crippen LogP contribution in [0.1, 0.15) is 30.8 Å². The molecule has 1 saturated heterocycles. The third-order valence-corrected chi connectivity index (χ3v) is 7.30. The number of rotatable bonds is 3. The summed E-state index contributed by atoms with van der Waals surface area (Å²) in [6.07, 6.45) is 1.73. The smallest absolute Gasteiger partial charge is 0.164 e. The summed E-state index contributed by atoms with van der Waals surface area (Å²) in [6.45, 7) is 9.42. The number of aromatic nitrogens is 3. The number of nitriles is 1. The Morgan fingerprint density at radius 1 is 1.11 bits per heavy atom. The average Bonchev–Trinajstić information content (AvgIpc) is 3.22. The van der Waals surface area contributed by atoms with E-state index in [1.165, 1.54) is 12.1 Å². The molecule has 0 radical (unpaired) electrons. The number of benzene rings is 1. The van der Waals surface area contributed by atoms with E-state index in [2.05, 4.69) is 35.1 Å². The molecule has 1 aromatic carbocycles. The van der Waals surface area contributed by atoms with Crippen molar-refractivity contribution in [2.75, 3.05) is 43.1 Å². The van der Waals surface area contributed by atoms with Gasteiger partial charge in [-0.3, -0.25) is 4.98 Å². The molecule has 0 unspecified atom stereocenters. The number of pyridine rings is 3. The summed E-state index contributed by atoms with van der Waals surface area (Å²) < 4.78 is 20.1. The normalized spacial score (nSPS) is 16.4. The molecule has 0 aliphatic carbocycles. The predicted octanol–water partition coefficient (Wildman–Crippen LogP) is 5.22. The van der Waals surface area contributed by atoms with E-state index in [1.54, 1.807) is 12.3 Å². The molecule has 37 heavy (non-hydrogen) atoms. The van der Waals surface area contributed by atoms with Crippen molar-refractivity contribution in [3.63, 3.8) is 0 Å². The second kappa shape index (κ2) is 8.79. The first kappa shape index (κ1) is 23.3. The van der Waals surface area contributed by atoms with E-state index >= 15 is 0 Å². The molecule has 7 nitrogen and oxygen atoms in total. The van der Waals surface area contributed by atoms with Crippen molar-refractivity contribution in [1.29, 1.82) is 5.26 Å². The summed E-state index contributed by atoms with van der Waals surface area (Å²) in [6, 6.07) is 12.8. The molecule has 1 fully saturated rings. The van der Waals surface area contributed by atoms with Gasteiger partial charge in [-0.25, -0.2) is 14.4 Å². The van der Waals surface area contributed by atoms with Crippen LogP contribution in [-0.4, -0.2) is 47.8 Å². The lowest BCUT2D eigenvalue weighted by Gasteiger charge is -2.33. The van der Waals surface area contributed by atoms with Gasteiger partial charge in [0.2, 0.25) is 0 Å². The van der Waals surface area contributed by atoms with Gasteiger partial charge in [0, 0.05) is 53.8 Å². The topological polar surface area (TPSA) is 87.0 Å². The minimum absolute atomic E-state index is 0.258. The molecule has 0 bridgehead atoms. The molecule has 6 rings (SSSR count). The summed E-state index contributed by atoms with van der Waals surface area (Å²) in [7, 11) is 0. The van der Waals surface area contributed by atoms with Crippen LogP contribution in [0.3, 0.4) is 0 Å². The van der Waals surface area contributed by atoms with Crippen molar-refractivity contribution in [1.82, 2.24) is 15.0 Å². The van der Waals surface area contributed by atoms with Gasteiger partial charge in [0.25, 0.3) is 0 Å². The largest absolute Gasteiger partial charge is 0.382 e. The fourth-order valence-corrected chi connectivity index (χ4v) is 5.45. The molecular formula is C29H27FN6O. The van der Waals surface area contributed by atoms with Crippen LogP contribution in [0.25, 0.3) is 33.4 Å². The number of nitrogens with zero attached hydrogens (tertiary/aromatic N) is 5. The Balaban J connectivity index is 1.77. The van der Waals surface area contributed by atoms with Crippen LogP contribution < -0.4 is 10.2 Å². The van der Waals surface area contributed by atoms with E-state index in [9.17, 15) is 9.65 Å². The number of hydrogen-bond donors (Lipinski definition) is 1. The van der Waals surface area contributed by atoms with E-state index in [0.717, 1.165) is 39.1 Å². The molecule has 186 valence electrons. The van der Waals surface area contributed by atoms with Crippen molar-refractivity contribution in [2.45, 2.75) is 26.2 Å². The van der Waals surface area contributed by atoms with E-state index in [-0.39, 0.29) is 11.2 Å². The van der Waals surface area contributed by atoms with Gasteiger partial charge in [-0.15, -0.1) is 0 Å². The zero-order chi connectivity index (χ0) is 25.7. The molecule has 2 aliphatic rings. The van der Waals surface area contributed by atoms with Crippen LogP contribution in [0, 0.1) is 24.1 Å². The number of anilines is 2. The van der Waals surface area contributed by atoms with E-state index in [4.69, 9.17) is 14.7 Å². The molecule has 0 amide bonds. The van der Waals surface area contributed by atoms with Crippen LogP contribution in [0.4, 0.5) is 15.8 Å². The third kappa shape index (κ3) is 3.78. The highest BCUT2D eigenvalue weighted by molar-refractivity contribution is 6.07. The Bertz CT molecular complexity index is 1570. The monoisotopic (exact) mass is 494 g/mol. The maximum Gasteiger partial charge on any atom is 0.164 e. The number of morpholine rings is 1. The van der Waals surface area contributed by atoms with Crippen LogP contribution >= 0.6 is 0 Å². The average molecular weight is 495 g/mol. The van der Waals surface area contributed by atoms with Gasteiger partial charge in [-0.05, 0) is 36.8 Å². The van der Waals surface area contributed by atoms with E-state index < -0.39 is 0 Å². The summed E-state index contributed by atoms with van der Waals surface area (Å²) >= 11 is 0. The van der Waals surface area contributed by atoms with Gasteiger partial charge < -0.3 is 15.0 Å². The fraction of sp³-hybridized carbons (Fsp3) is 0.310. The summed E-state index contributed by atoms with van der Waals surface area (Å²) in [5.41, 5.74) is 7.34. The van der Waals surface area contributed by atoms with Crippen LogP contribution in [0.15, 0.2) is 42.6 Å². The lowest BCUT2D eigenvalue weighted by Crippen LogP contribution is -2.37. The zero-order valence-electron chi connectivity index (χ0n) is 21.1. The Hall–Kier alpha value is -4.09. The maximum absolute atomic E-state index is 14.5. The third-order valence-electron chi connectivity index (χ3n) is 7.30. The lowest BCUT2D eigenvalue weighted by atomic mass is 9.86. The second-order valence-corrected chi connectivity index (χ2v) is 10.2. The lowest BCUT2D eigenvalue weighted by molar-refractivity contribution is 0.122. The van der Waals surface area contributed by atoms with Crippen LogP contribution in [0.2, 0.25) is 0 Å². The number of halogens is 1. The van der Waals surface area contributed by atoms with Gasteiger partial charge in [0.15, 0.2) is 5.69 Å². The minimum atomic E-state index is -0.355. The predicted molar refractivity (Wildman–Crippen MR) is 142 cm³/mol. The molecule has 5 heterocycles. The SMILES string of the molecule is Cc1c(-c2ccccn2)nc2cc(F)ccc2c1-c1c2c(nc(C#N)c1N1CCOCC1)C(C)(C)CN2. The fourth-order valence-electron chi connectivity index (χ4n) is 5.45. The first-order valence-electron chi connectivity index (χ1n) is 12.5. The number of hydrogen-bond acceptors (Lipinski definition) is 7. The highest BCUT2D eigenvalue weighted by Gasteiger charge is 2.38. The first-order chi connectivity index (χ1) is 17.9. The molecule has 0 spiro atoms. The van der Waals surface area contributed by atoms with Crippen molar-refractivity contribution in [2.24, 2.45) is 0 Å². The van der Waals surface area contributed by atoms with Gasteiger partial charge in [-0.2, -0.15) is 5.26 Å². The highest BCUT2D eigenvalue weighted by atomic mass is 19.1. The number of nitrogens with one attached hydrogen (secondary N) is 1. The first-order valence-corrected chi connectivity index (χ1v) is 12.5. The molecule has 2 aliphatic heterocycles. The minimum Gasteiger partial charge on any atom is -0.382 e. The maximum atomic E-state index is 14.5. The summed E-state index contributed by atoms with van der Waals surface area (Å²) in [5.74, 6) is -0.355. The quantitative estimate of drug-likeness (QED) is 0.418. The van der Waals surface area contributed by atoms with E-state index in [0.29, 0.717) is 55.4 Å². The Morgan fingerprint density at radius 3 is 2.65 bits per heavy atom. The van der Waals surface area contributed by atoms with Gasteiger partial charge in [-0.1, -0.05) is 19.9 Å². The molecule has 0 saturated carbocycles. The van der Waals surface area contributed by atoms with Gasteiger partial charge in [0.05, 0.1) is 47.2 Å². The van der Waals surface area contributed by atoms with Crippen molar-refractivity contribution in [3.05, 3.63) is 65.4 Å². The molecule has 0 atom stereocenters.